The van der Waals surface area contributed by atoms with Gasteiger partial charge in [-0.05, 0) is 6.08 Å². The molecular formula is C9H9F2N3O3. The maximum atomic E-state index is 13.2. The number of nitrogens with zero attached hydrogens (tertiary/aromatic N) is 2. The molecule has 1 aliphatic rings. The van der Waals surface area contributed by atoms with Crippen molar-refractivity contribution >= 4 is 5.82 Å². The van der Waals surface area contributed by atoms with Crippen LogP contribution in [0.5, 0.6) is 0 Å². The van der Waals surface area contributed by atoms with Gasteiger partial charge in [-0.15, -0.1) is 0 Å². The highest BCUT2D eigenvalue weighted by atomic mass is 19.1. The average molecular weight is 245 g/mol. The van der Waals surface area contributed by atoms with Gasteiger partial charge in [0.05, 0.1) is 12.8 Å². The summed E-state index contributed by atoms with van der Waals surface area (Å²) in [6, 6.07) is 0. The molecule has 0 aromatic carbocycles. The molecule has 0 aliphatic carbocycles. The summed E-state index contributed by atoms with van der Waals surface area (Å²) < 4.78 is 32.0. The quantitative estimate of drug-likeness (QED) is 0.747. The van der Waals surface area contributed by atoms with Crippen LogP contribution in [0.15, 0.2) is 22.9 Å². The van der Waals surface area contributed by atoms with Crippen molar-refractivity contribution in [3.8, 4) is 0 Å². The van der Waals surface area contributed by atoms with Gasteiger partial charge in [-0.2, -0.15) is 4.98 Å². The van der Waals surface area contributed by atoms with Crippen molar-refractivity contribution in [1.29, 1.82) is 0 Å². The first-order chi connectivity index (χ1) is 8.02. The molecular weight excluding hydrogens is 236 g/mol. The van der Waals surface area contributed by atoms with Crippen LogP contribution in [0.2, 0.25) is 0 Å². The van der Waals surface area contributed by atoms with Crippen LogP contribution in [0.3, 0.4) is 0 Å². The van der Waals surface area contributed by atoms with Crippen molar-refractivity contribution in [2.75, 3.05) is 12.3 Å². The summed E-state index contributed by atoms with van der Waals surface area (Å²) in [7, 11) is 0. The number of aromatic nitrogens is 2. The predicted octanol–water partition coefficient (Wildman–Crippen LogP) is -0.292. The minimum absolute atomic E-state index is 0.535. The van der Waals surface area contributed by atoms with E-state index >= 15 is 0 Å². The number of nitrogens with two attached hydrogens (primary N) is 1. The van der Waals surface area contributed by atoms with E-state index in [1.54, 1.807) is 0 Å². The lowest BCUT2D eigenvalue weighted by Gasteiger charge is -2.14. The van der Waals surface area contributed by atoms with E-state index in [2.05, 4.69) is 4.98 Å². The van der Waals surface area contributed by atoms with Crippen LogP contribution < -0.4 is 11.4 Å². The molecule has 0 amide bonds. The standard InChI is InChI=1S/C9H9F2N3O3/c10-4-1-7(17-6(4)3-15)14-2-5(11)8(12)13-9(14)16/h1-2,6-7,15H,3H2,(H2,12,13,16)/t6-,7-/m1/s1. The first kappa shape index (κ1) is 11.7. The Hall–Kier alpha value is -1.80. The molecule has 17 heavy (non-hydrogen) atoms. The van der Waals surface area contributed by atoms with E-state index in [-0.39, 0.29) is 0 Å². The molecule has 1 aliphatic heterocycles. The summed E-state index contributed by atoms with van der Waals surface area (Å²) in [5, 5.41) is 8.77. The largest absolute Gasteiger partial charge is 0.393 e. The molecule has 0 unspecified atom stereocenters. The predicted molar refractivity (Wildman–Crippen MR) is 53.1 cm³/mol. The summed E-state index contributed by atoms with van der Waals surface area (Å²) in [5.74, 6) is -2.16. The molecule has 3 N–H and O–H groups in total. The highest BCUT2D eigenvalue weighted by molar-refractivity contribution is 5.26. The molecule has 2 atom stereocenters. The van der Waals surface area contributed by atoms with Gasteiger partial charge in [0.2, 0.25) is 0 Å². The van der Waals surface area contributed by atoms with Gasteiger partial charge in [0, 0.05) is 0 Å². The molecule has 0 bridgehead atoms. The fraction of sp³-hybridized carbons (Fsp3) is 0.333. The highest BCUT2D eigenvalue weighted by Gasteiger charge is 2.29. The Labute approximate surface area is 94.0 Å². The third-order valence-electron chi connectivity index (χ3n) is 2.29. The van der Waals surface area contributed by atoms with Gasteiger partial charge in [-0.1, -0.05) is 0 Å². The number of halogens is 2. The van der Waals surface area contributed by atoms with Crippen LogP contribution in [0.1, 0.15) is 6.23 Å². The Balaban J connectivity index is 2.37. The topological polar surface area (TPSA) is 90.4 Å². The SMILES string of the molecule is Nc1nc(=O)n([C@H]2C=C(F)[C@@H](CO)O2)cc1F. The van der Waals surface area contributed by atoms with Crippen molar-refractivity contribution in [3.05, 3.63) is 34.4 Å². The third-order valence-corrected chi connectivity index (χ3v) is 2.29. The second kappa shape index (κ2) is 4.22. The zero-order chi connectivity index (χ0) is 12.6. The molecule has 1 aromatic rings. The van der Waals surface area contributed by atoms with E-state index in [1.165, 1.54) is 0 Å². The minimum atomic E-state index is -1.15. The Morgan fingerprint density at radius 3 is 2.88 bits per heavy atom. The molecule has 0 saturated carbocycles. The van der Waals surface area contributed by atoms with Gasteiger partial charge in [0.1, 0.15) is 11.9 Å². The summed E-state index contributed by atoms with van der Waals surface area (Å²) >= 11 is 0. The van der Waals surface area contributed by atoms with E-state index in [4.69, 9.17) is 15.6 Å². The summed E-state index contributed by atoms with van der Waals surface area (Å²) in [5.41, 5.74) is 4.23. The van der Waals surface area contributed by atoms with Crippen LogP contribution >= 0.6 is 0 Å². The number of hydrogen-bond donors (Lipinski definition) is 2. The Morgan fingerprint density at radius 1 is 1.59 bits per heavy atom. The van der Waals surface area contributed by atoms with Gasteiger partial charge in [-0.25, -0.2) is 13.6 Å². The number of rotatable bonds is 2. The summed E-state index contributed by atoms with van der Waals surface area (Å²) in [4.78, 5) is 14.6. The highest BCUT2D eigenvalue weighted by Crippen LogP contribution is 2.26. The molecule has 1 aromatic heterocycles. The van der Waals surface area contributed by atoms with E-state index in [9.17, 15) is 13.6 Å². The van der Waals surface area contributed by atoms with Crippen LogP contribution in [-0.2, 0) is 4.74 Å². The molecule has 0 fully saturated rings. The fourth-order valence-corrected chi connectivity index (χ4v) is 1.43. The molecule has 0 radical (unpaired) electrons. The lowest BCUT2D eigenvalue weighted by Crippen LogP contribution is -2.29. The van der Waals surface area contributed by atoms with Gasteiger partial charge in [0.25, 0.3) is 0 Å². The minimum Gasteiger partial charge on any atom is -0.393 e. The number of hydrogen-bond acceptors (Lipinski definition) is 5. The maximum absolute atomic E-state index is 13.2. The summed E-state index contributed by atoms with van der Waals surface area (Å²) in [6.45, 7) is -0.571. The lowest BCUT2D eigenvalue weighted by molar-refractivity contribution is -0.0202. The van der Waals surface area contributed by atoms with Gasteiger partial charge in [-0.3, -0.25) is 4.57 Å². The van der Waals surface area contributed by atoms with Crippen LogP contribution in [0.4, 0.5) is 14.6 Å². The smallest absolute Gasteiger partial charge is 0.352 e. The van der Waals surface area contributed by atoms with Crippen molar-refractivity contribution in [3.63, 3.8) is 0 Å². The molecule has 0 spiro atoms. The first-order valence-corrected chi connectivity index (χ1v) is 4.70. The normalized spacial score (nSPS) is 23.8. The molecule has 2 heterocycles. The lowest BCUT2D eigenvalue weighted by atomic mass is 10.3. The van der Waals surface area contributed by atoms with E-state index in [0.29, 0.717) is 0 Å². The fourth-order valence-electron chi connectivity index (χ4n) is 1.43. The van der Waals surface area contributed by atoms with Crippen molar-refractivity contribution in [1.82, 2.24) is 9.55 Å². The van der Waals surface area contributed by atoms with Crippen molar-refractivity contribution < 1.29 is 18.6 Å². The average Bonchev–Trinajstić information content (AvgIpc) is 2.65. The Bertz CT molecular complexity index is 529. The van der Waals surface area contributed by atoms with E-state index in [1.807, 2.05) is 0 Å². The number of aliphatic hydroxyl groups is 1. The first-order valence-electron chi connectivity index (χ1n) is 4.70. The number of aliphatic hydroxyl groups excluding tert-OH is 1. The van der Waals surface area contributed by atoms with Crippen LogP contribution in [0.25, 0.3) is 0 Å². The van der Waals surface area contributed by atoms with Gasteiger partial charge < -0.3 is 15.6 Å². The van der Waals surface area contributed by atoms with Gasteiger partial charge in [0.15, 0.2) is 17.9 Å². The second-order valence-electron chi connectivity index (χ2n) is 3.41. The van der Waals surface area contributed by atoms with Crippen LogP contribution in [0, 0.1) is 5.82 Å². The monoisotopic (exact) mass is 245 g/mol. The third kappa shape index (κ3) is 2.04. The molecule has 0 saturated heterocycles. The van der Waals surface area contributed by atoms with E-state index in [0.717, 1.165) is 16.8 Å². The van der Waals surface area contributed by atoms with Crippen molar-refractivity contribution in [2.24, 2.45) is 0 Å². The number of ether oxygens (including phenoxy) is 1. The molecule has 92 valence electrons. The molecule has 8 heteroatoms. The molecule has 6 nitrogen and oxygen atoms in total. The Kier molecular flexibility index (Phi) is 2.90. The maximum Gasteiger partial charge on any atom is 0.352 e. The number of nitrogen functional groups attached to an aromatic ring is 1. The van der Waals surface area contributed by atoms with E-state index < -0.39 is 42.1 Å². The number of anilines is 1. The van der Waals surface area contributed by atoms with Crippen molar-refractivity contribution in [2.45, 2.75) is 12.3 Å². The summed E-state index contributed by atoms with van der Waals surface area (Å²) in [6.07, 6.45) is -0.548. The second-order valence-corrected chi connectivity index (χ2v) is 3.41. The molecule has 2 rings (SSSR count). The zero-order valence-corrected chi connectivity index (χ0v) is 8.51. The van der Waals surface area contributed by atoms with Gasteiger partial charge >= 0.3 is 5.69 Å². The van der Waals surface area contributed by atoms with Crippen LogP contribution in [-0.4, -0.2) is 27.4 Å². The zero-order valence-electron chi connectivity index (χ0n) is 8.51. The Morgan fingerprint density at radius 2 is 2.29 bits per heavy atom.